The van der Waals surface area contributed by atoms with E-state index in [-0.39, 0.29) is 28.6 Å². The Kier molecular flexibility index (Phi) is 5.28. The third-order valence-corrected chi connectivity index (χ3v) is 5.25. The fraction of sp³-hybridized carbons (Fsp3) is 0.533. The average molecular weight is 341 g/mol. The van der Waals surface area contributed by atoms with Crippen LogP contribution < -0.4 is 14.8 Å². The van der Waals surface area contributed by atoms with Gasteiger partial charge in [-0.15, -0.1) is 0 Å². The smallest absolute Gasteiger partial charge is 0.254 e. The summed E-state index contributed by atoms with van der Waals surface area (Å²) in [6, 6.07) is 4.85. The highest BCUT2D eigenvalue weighted by molar-refractivity contribution is 7.89. The van der Waals surface area contributed by atoms with Crippen molar-refractivity contribution >= 4 is 15.9 Å². The summed E-state index contributed by atoms with van der Waals surface area (Å²) in [6.45, 7) is 5.20. The van der Waals surface area contributed by atoms with E-state index in [4.69, 9.17) is 4.74 Å². The van der Waals surface area contributed by atoms with Crippen LogP contribution in [0.1, 0.15) is 24.2 Å². The Labute approximate surface area is 137 Å². The van der Waals surface area contributed by atoms with Crippen LogP contribution in [0.2, 0.25) is 0 Å². The molecule has 1 aromatic carbocycles. The van der Waals surface area contributed by atoms with Crippen LogP contribution in [0.15, 0.2) is 23.1 Å². The van der Waals surface area contributed by atoms with E-state index in [1.165, 1.54) is 26.3 Å². The standard InChI is InChI=1S/C15H23N3O4S/c1-10-8-18(9-11(2)17-10)15(19)12-5-6-13(22-4)14(7-12)23(20,21)16-3/h5-7,10-11,16-17H,8-9H2,1-4H3. The van der Waals surface area contributed by atoms with Gasteiger partial charge in [-0.2, -0.15) is 0 Å². The molecule has 0 bridgehead atoms. The molecule has 23 heavy (non-hydrogen) atoms. The summed E-state index contributed by atoms with van der Waals surface area (Å²) in [4.78, 5) is 14.4. The summed E-state index contributed by atoms with van der Waals surface area (Å²) in [5, 5.41) is 3.36. The highest BCUT2D eigenvalue weighted by Crippen LogP contribution is 2.25. The minimum absolute atomic E-state index is 0.0374. The van der Waals surface area contributed by atoms with Crippen LogP contribution in [-0.2, 0) is 10.0 Å². The molecule has 0 aliphatic carbocycles. The second-order valence-corrected chi connectivity index (χ2v) is 7.61. The third kappa shape index (κ3) is 3.82. The lowest BCUT2D eigenvalue weighted by molar-refractivity contribution is 0.0673. The van der Waals surface area contributed by atoms with Gasteiger partial charge in [0.2, 0.25) is 10.0 Å². The molecular formula is C15H23N3O4S. The Morgan fingerprint density at radius 3 is 2.43 bits per heavy atom. The molecule has 1 saturated heterocycles. The maximum Gasteiger partial charge on any atom is 0.254 e. The number of ether oxygens (including phenoxy) is 1. The van der Waals surface area contributed by atoms with E-state index >= 15 is 0 Å². The SMILES string of the molecule is CNS(=O)(=O)c1cc(C(=O)N2CC(C)NC(C)C2)ccc1OC. The lowest BCUT2D eigenvalue weighted by atomic mass is 10.1. The fourth-order valence-corrected chi connectivity index (χ4v) is 3.72. The summed E-state index contributed by atoms with van der Waals surface area (Å²) in [5.74, 6) is 0.0263. The van der Waals surface area contributed by atoms with Gasteiger partial charge in [-0.3, -0.25) is 4.79 Å². The van der Waals surface area contributed by atoms with Gasteiger partial charge in [0.1, 0.15) is 10.6 Å². The molecule has 7 nitrogen and oxygen atoms in total. The number of sulfonamides is 1. The van der Waals surface area contributed by atoms with Crippen molar-refractivity contribution in [3.8, 4) is 5.75 Å². The number of nitrogens with zero attached hydrogens (tertiary/aromatic N) is 1. The Hall–Kier alpha value is -1.64. The summed E-state index contributed by atoms with van der Waals surface area (Å²) in [6.07, 6.45) is 0. The van der Waals surface area contributed by atoms with E-state index < -0.39 is 10.0 Å². The number of methoxy groups -OCH3 is 1. The second kappa shape index (κ2) is 6.86. The first-order valence-electron chi connectivity index (χ1n) is 7.45. The van der Waals surface area contributed by atoms with Crippen molar-refractivity contribution in [2.24, 2.45) is 0 Å². The molecule has 0 radical (unpaired) electrons. The van der Waals surface area contributed by atoms with Crippen LogP contribution in [0.5, 0.6) is 5.75 Å². The monoisotopic (exact) mass is 341 g/mol. The summed E-state index contributed by atoms with van der Waals surface area (Å²) in [5.41, 5.74) is 0.334. The number of hydrogen-bond donors (Lipinski definition) is 2. The van der Waals surface area contributed by atoms with Gasteiger partial charge in [-0.05, 0) is 39.1 Å². The van der Waals surface area contributed by atoms with Gasteiger partial charge in [0.25, 0.3) is 5.91 Å². The zero-order chi connectivity index (χ0) is 17.2. The van der Waals surface area contributed by atoms with Crippen LogP contribution in [0.25, 0.3) is 0 Å². The molecule has 1 aromatic rings. The van der Waals surface area contributed by atoms with E-state index in [9.17, 15) is 13.2 Å². The molecular weight excluding hydrogens is 318 g/mol. The van der Waals surface area contributed by atoms with Gasteiger partial charge in [-0.25, -0.2) is 13.1 Å². The first-order valence-corrected chi connectivity index (χ1v) is 8.93. The predicted molar refractivity (Wildman–Crippen MR) is 87.2 cm³/mol. The Balaban J connectivity index is 2.36. The molecule has 1 fully saturated rings. The largest absolute Gasteiger partial charge is 0.495 e. The van der Waals surface area contributed by atoms with Gasteiger partial charge in [0, 0.05) is 30.7 Å². The van der Waals surface area contributed by atoms with Crippen LogP contribution in [0, 0.1) is 0 Å². The highest BCUT2D eigenvalue weighted by atomic mass is 32.2. The molecule has 0 saturated carbocycles. The molecule has 1 heterocycles. The maximum atomic E-state index is 12.7. The predicted octanol–water partition coefficient (Wildman–Crippen LogP) is 0.426. The van der Waals surface area contributed by atoms with E-state index in [1.807, 2.05) is 13.8 Å². The lowest BCUT2D eigenvalue weighted by Gasteiger charge is -2.36. The minimum Gasteiger partial charge on any atom is -0.495 e. The van der Waals surface area contributed by atoms with E-state index in [0.717, 1.165) is 0 Å². The van der Waals surface area contributed by atoms with Crippen molar-refractivity contribution < 1.29 is 17.9 Å². The minimum atomic E-state index is -3.71. The molecule has 1 aliphatic rings. The van der Waals surface area contributed by atoms with Crippen molar-refractivity contribution in [1.29, 1.82) is 0 Å². The molecule has 8 heteroatoms. The van der Waals surface area contributed by atoms with Crippen LogP contribution in [0.4, 0.5) is 0 Å². The quantitative estimate of drug-likeness (QED) is 0.829. The Morgan fingerprint density at radius 1 is 1.30 bits per heavy atom. The Morgan fingerprint density at radius 2 is 1.91 bits per heavy atom. The molecule has 0 aromatic heterocycles. The van der Waals surface area contributed by atoms with Crippen LogP contribution in [0.3, 0.4) is 0 Å². The van der Waals surface area contributed by atoms with Crippen molar-refractivity contribution in [2.45, 2.75) is 30.8 Å². The maximum absolute atomic E-state index is 12.7. The van der Waals surface area contributed by atoms with Crippen LogP contribution in [-0.4, -0.2) is 58.6 Å². The van der Waals surface area contributed by atoms with Gasteiger partial charge in [0.15, 0.2) is 0 Å². The van der Waals surface area contributed by atoms with Crippen molar-refractivity contribution in [3.05, 3.63) is 23.8 Å². The number of rotatable bonds is 4. The number of carbonyl (C=O) groups is 1. The van der Waals surface area contributed by atoms with Gasteiger partial charge in [-0.1, -0.05) is 0 Å². The molecule has 2 unspecified atom stereocenters. The first-order chi connectivity index (χ1) is 10.8. The molecule has 2 N–H and O–H groups in total. The number of benzene rings is 1. The third-order valence-electron chi connectivity index (χ3n) is 3.81. The average Bonchev–Trinajstić information content (AvgIpc) is 2.52. The molecule has 1 amide bonds. The van der Waals surface area contributed by atoms with Gasteiger partial charge >= 0.3 is 0 Å². The van der Waals surface area contributed by atoms with Crippen molar-refractivity contribution in [2.75, 3.05) is 27.2 Å². The molecule has 2 rings (SSSR count). The zero-order valence-corrected chi connectivity index (χ0v) is 14.6. The van der Waals surface area contributed by atoms with Gasteiger partial charge in [0.05, 0.1) is 7.11 Å². The summed E-state index contributed by atoms with van der Waals surface area (Å²) in [7, 11) is -0.991. The number of piperazine rings is 1. The number of carbonyl (C=O) groups excluding carboxylic acids is 1. The molecule has 128 valence electrons. The number of hydrogen-bond acceptors (Lipinski definition) is 5. The summed E-state index contributed by atoms with van der Waals surface area (Å²) >= 11 is 0. The normalized spacial score (nSPS) is 22.0. The number of nitrogens with one attached hydrogen (secondary N) is 2. The van der Waals surface area contributed by atoms with Crippen LogP contribution >= 0.6 is 0 Å². The van der Waals surface area contributed by atoms with E-state index in [0.29, 0.717) is 18.7 Å². The zero-order valence-electron chi connectivity index (χ0n) is 13.8. The van der Waals surface area contributed by atoms with Crippen molar-refractivity contribution in [3.63, 3.8) is 0 Å². The van der Waals surface area contributed by atoms with Gasteiger partial charge < -0.3 is 15.0 Å². The first kappa shape index (κ1) is 17.7. The number of amides is 1. The molecule has 2 atom stereocenters. The van der Waals surface area contributed by atoms with E-state index in [1.54, 1.807) is 11.0 Å². The lowest BCUT2D eigenvalue weighted by Crippen LogP contribution is -2.55. The fourth-order valence-electron chi connectivity index (χ4n) is 2.80. The Bertz CT molecular complexity index is 680. The molecule has 0 spiro atoms. The molecule has 1 aliphatic heterocycles. The summed E-state index contributed by atoms with van der Waals surface area (Å²) < 4.78 is 31.6. The second-order valence-electron chi connectivity index (χ2n) is 5.75. The highest BCUT2D eigenvalue weighted by Gasteiger charge is 2.27. The topological polar surface area (TPSA) is 87.7 Å². The van der Waals surface area contributed by atoms with E-state index in [2.05, 4.69) is 10.0 Å². The van der Waals surface area contributed by atoms with Crippen molar-refractivity contribution in [1.82, 2.24) is 14.9 Å².